The van der Waals surface area contributed by atoms with Crippen molar-refractivity contribution in [3.8, 4) is 0 Å². The molecule has 166 valence electrons. The lowest BCUT2D eigenvalue weighted by atomic mass is 9.94. The Morgan fingerprint density at radius 3 is 2.84 bits per heavy atom. The summed E-state index contributed by atoms with van der Waals surface area (Å²) in [6.45, 7) is 8.26. The van der Waals surface area contributed by atoms with Crippen molar-refractivity contribution in [2.75, 3.05) is 18.5 Å². The van der Waals surface area contributed by atoms with Crippen LogP contribution in [0, 0.1) is 11.7 Å². The van der Waals surface area contributed by atoms with Gasteiger partial charge in [-0.2, -0.15) is 0 Å². The number of rotatable bonds is 6. The second kappa shape index (κ2) is 8.40. The summed E-state index contributed by atoms with van der Waals surface area (Å²) in [6.07, 6.45) is 7.47. The Morgan fingerprint density at radius 1 is 1.28 bits per heavy atom. The van der Waals surface area contributed by atoms with Crippen LogP contribution < -0.4 is 4.90 Å². The van der Waals surface area contributed by atoms with E-state index in [1.807, 2.05) is 6.21 Å². The topological polar surface area (TPSA) is 20.5 Å². The van der Waals surface area contributed by atoms with E-state index in [0.29, 0.717) is 5.92 Å². The van der Waals surface area contributed by atoms with Crippen LogP contribution in [0.3, 0.4) is 0 Å². The molecule has 1 fully saturated rings. The Bertz CT molecular complexity index is 1240. The summed E-state index contributed by atoms with van der Waals surface area (Å²) in [5.74, 6) is 0.256. The van der Waals surface area contributed by atoms with Gasteiger partial charge in [0.25, 0.3) is 0 Å². The molecule has 1 aromatic heterocycles. The monoisotopic (exact) mass is 449 g/mol. The van der Waals surface area contributed by atoms with Gasteiger partial charge in [0.2, 0.25) is 0 Å². The van der Waals surface area contributed by atoms with Gasteiger partial charge in [-0.3, -0.25) is 4.99 Å². The van der Waals surface area contributed by atoms with Crippen molar-refractivity contribution in [1.29, 1.82) is 0 Å². The third-order valence-corrected chi connectivity index (χ3v) is 7.14. The van der Waals surface area contributed by atoms with E-state index in [0.717, 1.165) is 65.8 Å². The molecule has 1 aliphatic heterocycles. The SMILES string of the molecule is C=C(CC)c1cc2c(c(/N=C/c3cc4ccc(F)c(Cl)c4n3CC3CC3)c1)N(C)CCC2. The van der Waals surface area contributed by atoms with E-state index in [4.69, 9.17) is 16.6 Å². The zero-order valence-corrected chi connectivity index (χ0v) is 19.6. The summed E-state index contributed by atoms with van der Waals surface area (Å²) >= 11 is 6.39. The maximum atomic E-state index is 14.2. The molecule has 0 saturated heterocycles. The zero-order valence-electron chi connectivity index (χ0n) is 18.8. The summed E-state index contributed by atoms with van der Waals surface area (Å²) in [7, 11) is 2.14. The maximum absolute atomic E-state index is 14.2. The summed E-state index contributed by atoms with van der Waals surface area (Å²) in [4.78, 5) is 7.29. The molecule has 3 nitrogen and oxygen atoms in total. The normalized spacial score (nSPS) is 16.2. The van der Waals surface area contributed by atoms with Crippen LogP contribution in [0.5, 0.6) is 0 Å². The number of nitrogens with zero attached hydrogens (tertiary/aromatic N) is 3. The molecule has 0 atom stereocenters. The number of hydrogen-bond acceptors (Lipinski definition) is 2. The van der Waals surface area contributed by atoms with E-state index in [1.54, 1.807) is 6.07 Å². The highest BCUT2D eigenvalue weighted by Crippen LogP contribution is 2.39. The van der Waals surface area contributed by atoms with Gasteiger partial charge in [-0.05, 0) is 85.1 Å². The third-order valence-electron chi connectivity index (χ3n) is 6.78. The van der Waals surface area contributed by atoms with Crippen LogP contribution >= 0.6 is 11.6 Å². The van der Waals surface area contributed by atoms with Crippen LogP contribution in [0.1, 0.15) is 49.4 Å². The molecule has 0 unspecified atom stereocenters. The zero-order chi connectivity index (χ0) is 22.4. The second-order valence-electron chi connectivity index (χ2n) is 9.17. The average molecular weight is 450 g/mol. The van der Waals surface area contributed by atoms with E-state index in [-0.39, 0.29) is 10.8 Å². The first-order valence-corrected chi connectivity index (χ1v) is 11.9. The quantitative estimate of drug-likeness (QED) is 0.359. The van der Waals surface area contributed by atoms with Crippen molar-refractivity contribution in [2.45, 2.75) is 45.6 Å². The second-order valence-corrected chi connectivity index (χ2v) is 9.54. The van der Waals surface area contributed by atoms with Crippen molar-refractivity contribution >= 4 is 45.7 Å². The fraction of sp³-hybridized carbons (Fsp3) is 0.370. The number of benzene rings is 2. The number of hydrogen-bond donors (Lipinski definition) is 0. The molecule has 2 aliphatic rings. The number of aromatic nitrogens is 1. The smallest absolute Gasteiger partial charge is 0.143 e. The molecule has 0 spiro atoms. The van der Waals surface area contributed by atoms with Crippen molar-refractivity contribution in [3.05, 3.63) is 64.6 Å². The lowest BCUT2D eigenvalue weighted by molar-refractivity contribution is 0.622. The van der Waals surface area contributed by atoms with Gasteiger partial charge in [-0.15, -0.1) is 0 Å². The summed E-state index contributed by atoms with van der Waals surface area (Å²) in [5.41, 5.74) is 7.53. The molecule has 1 aliphatic carbocycles. The molecule has 5 heteroatoms. The van der Waals surface area contributed by atoms with E-state index < -0.39 is 0 Å². The van der Waals surface area contributed by atoms with Crippen LogP contribution in [-0.4, -0.2) is 24.4 Å². The van der Waals surface area contributed by atoms with E-state index in [2.05, 4.69) is 48.2 Å². The molecular formula is C27H29ClFN3. The fourth-order valence-electron chi connectivity index (χ4n) is 4.74. The van der Waals surface area contributed by atoms with Gasteiger partial charge >= 0.3 is 0 Å². The maximum Gasteiger partial charge on any atom is 0.143 e. The molecule has 3 aromatic rings. The summed E-state index contributed by atoms with van der Waals surface area (Å²) < 4.78 is 16.4. The largest absolute Gasteiger partial charge is 0.373 e. The Labute approximate surface area is 194 Å². The molecule has 2 aromatic carbocycles. The summed E-state index contributed by atoms with van der Waals surface area (Å²) in [5, 5.41) is 1.15. The number of fused-ring (bicyclic) bond motifs is 2. The van der Waals surface area contributed by atoms with Gasteiger partial charge in [0.05, 0.1) is 28.8 Å². The minimum Gasteiger partial charge on any atom is -0.373 e. The van der Waals surface area contributed by atoms with Crippen LogP contribution in [-0.2, 0) is 13.0 Å². The fourth-order valence-corrected chi connectivity index (χ4v) is 5.02. The van der Waals surface area contributed by atoms with Crippen molar-refractivity contribution in [1.82, 2.24) is 4.57 Å². The van der Waals surface area contributed by atoms with E-state index >= 15 is 0 Å². The van der Waals surface area contributed by atoms with Crippen molar-refractivity contribution in [2.24, 2.45) is 10.9 Å². The molecule has 1 saturated carbocycles. The van der Waals surface area contributed by atoms with Gasteiger partial charge in [0.1, 0.15) is 10.8 Å². The first-order valence-electron chi connectivity index (χ1n) is 11.5. The lowest BCUT2D eigenvalue weighted by Crippen LogP contribution is -2.24. The molecule has 2 heterocycles. The molecular weight excluding hydrogens is 421 g/mol. The van der Waals surface area contributed by atoms with Gasteiger partial charge in [0, 0.05) is 25.5 Å². The molecule has 0 radical (unpaired) electrons. The number of allylic oxidation sites excluding steroid dienone is 1. The van der Waals surface area contributed by atoms with Gasteiger partial charge in [0.15, 0.2) is 0 Å². The van der Waals surface area contributed by atoms with E-state index in [9.17, 15) is 4.39 Å². The highest BCUT2D eigenvalue weighted by molar-refractivity contribution is 6.35. The Balaban J connectivity index is 1.62. The molecule has 0 amide bonds. The van der Waals surface area contributed by atoms with E-state index in [1.165, 1.54) is 30.2 Å². The molecule has 32 heavy (non-hydrogen) atoms. The number of anilines is 1. The highest BCUT2D eigenvalue weighted by Gasteiger charge is 2.25. The molecule has 0 bridgehead atoms. The van der Waals surface area contributed by atoms with Crippen molar-refractivity contribution < 1.29 is 4.39 Å². The first kappa shape index (κ1) is 21.3. The minimum atomic E-state index is -0.376. The summed E-state index contributed by atoms with van der Waals surface area (Å²) in [6, 6.07) is 9.75. The Kier molecular flexibility index (Phi) is 5.58. The van der Waals surface area contributed by atoms with Gasteiger partial charge in [-0.25, -0.2) is 4.39 Å². The first-order chi connectivity index (χ1) is 15.5. The predicted molar refractivity (Wildman–Crippen MR) is 134 cm³/mol. The van der Waals surface area contributed by atoms with Crippen LogP contribution in [0.15, 0.2) is 41.9 Å². The number of aliphatic imine (C=N–C) groups is 1. The predicted octanol–water partition coefficient (Wildman–Crippen LogP) is 7.40. The third kappa shape index (κ3) is 3.86. The number of aryl methyl sites for hydroxylation is 1. The van der Waals surface area contributed by atoms with Crippen molar-refractivity contribution in [3.63, 3.8) is 0 Å². The molecule has 0 N–H and O–H groups in total. The van der Waals surface area contributed by atoms with Crippen LogP contribution in [0.25, 0.3) is 16.5 Å². The standard InChI is InChI=1S/C27H29ClFN3/c1-4-17(2)21-12-19-6-5-11-31(3)26(19)24(14-21)30-15-22-13-20-9-10-23(29)25(28)27(20)32(22)16-18-7-8-18/h9-10,12-15,18H,2,4-8,11,16H2,1,3H3/b30-15+. The number of halogens is 2. The van der Waals surface area contributed by atoms with Crippen LogP contribution in [0.2, 0.25) is 5.02 Å². The van der Waals surface area contributed by atoms with Crippen LogP contribution in [0.4, 0.5) is 15.8 Å². The average Bonchev–Trinajstić information content (AvgIpc) is 3.54. The minimum absolute atomic E-state index is 0.196. The highest BCUT2D eigenvalue weighted by atomic mass is 35.5. The van der Waals surface area contributed by atoms with Gasteiger partial charge < -0.3 is 9.47 Å². The Hall–Kier alpha value is -2.59. The molecule has 5 rings (SSSR count). The Morgan fingerprint density at radius 2 is 2.09 bits per heavy atom. The lowest BCUT2D eigenvalue weighted by Gasteiger charge is -2.29. The van der Waals surface area contributed by atoms with Gasteiger partial charge in [-0.1, -0.05) is 25.1 Å².